The molecule has 1 aromatic heterocycles. The summed E-state index contributed by atoms with van der Waals surface area (Å²) in [6, 6.07) is 0. The molecule has 1 rings (SSSR count). The van der Waals surface area contributed by atoms with Crippen LogP contribution in [0.2, 0.25) is 0 Å². The van der Waals surface area contributed by atoms with Gasteiger partial charge in [0, 0.05) is 18.1 Å². The maximum atomic E-state index is 4.14. The molecule has 0 spiro atoms. The summed E-state index contributed by atoms with van der Waals surface area (Å²) in [7, 11) is 0. The average Bonchev–Trinajstić information content (AvgIpc) is 2.37. The van der Waals surface area contributed by atoms with Gasteiger partial charge in [0.2, 0.25) is 0 Å². The first-order valence-corrected chi connectivity index (χ1v) is 5.48. The van der Waals surface area contributed by atoms with Crippen LogP contribution in [0.15, 0.2) is 16.9 Å². The van der Waals surface area contributed by atoms with Gasteiger partial charge >= 0.3 is 0 Å². The number of rotatable bonds is 4. The van der Waals surface area contributed by atoms with E-state index in [4.69, 9.17) is 0 Å². The average molecular weight is 282 g/mol. The maximum Gasteiger partial charge on any atom is 0.0632 e. The second-order valence-corrected chi connectivity index (χ2v) is 4.03. The van der Waals surface area contributed by atoms with Crippen molar-refractivity contribution in [2.24, 2.45) is 0 Å². The highest BCUT2D eigenvalue weighted by Gasteiger charge is 1.93. The number of hydrogen-bond acceptors (Lipinski definition) is 1. The maximum absolute atomic E-state index is 4.14. The van der Waals surface area contributed by atoms with Gasteiger partial charge < -0.3 is 0 Å². The van der Waals surface area contributed by atoms with Crippen LogP contribution in [0.3, 0.4) is 0 Å². The molecule has 0 atom stereocenters. The van der Waals surface area contributed by atoms with Crippen LogP contribution in [0.1, 0.15) is 12.8 Å². The van der Waals surface area contributed by atoms with Crippen LogP contribution in [0, 0.1) is 0 Å². The predicted octanol–water partition coefficient (Wildman–Crippen LogP) is 2.82. The summed E-state index contributed by atoms with van der Waals surface area (Å²) in [4.78, 5) is 0. The van der Waals surface area contributed by atoms with Crippen LogP contribution in [0.25, 0.3) is 0 Å². The lowest BCUT2D eigenvalue weighted by atomic mass is 10.3. The first-order valence-electron chi connectivity index (χ1n) is 3.57. The summed E-state index contributed by atoms with van der Waals surface area (Å²) in [6.07, 6.45) is 6.19. The highest BCUT2D eigenvalue weighted by molar-refractivity contribution is 9.10. The first kappa shape index (κ1) is 9.26. The van der Waals surface area contributed by atoms with Crippen molar-refractivity contribution in [2.45, 2.75) is 19.4 Å². The molecule has 0 aromatic carbocycles. The molecule has 0 N–H and O–H groups in total. The van der Waals surface area contributed by atoms with Crippen LogP contribution in [-0.4, -0.2) is 15.1 Å². The van der Waals surface area contributed by atoms with Gasteiger partial charge in [-0.25, -0.2) is 0 Å². The second kappa shape index (κ2) is 4.93. The molecule has 2 nitrogen and oxygen atoms in total. The van der Waals surface area contributed by atoms with E-state index >= 15 is 0 Å². The van der Waals surface area contributed by atoms with Crippen molar-refractivity contribution >= 4 is 31.9 Å². The minimum atomic E-state index is 1.01. The Morgan fingerprint density at radius 2 is 2.27 bits per heavy atom. The van der Waals surface area contributed by atoms with Crippen molar-refractivity contribution in [3.05, 3.63) is 16.9 Å². The fourth-order valence-corrected chi connectivity index (χ4v) is 1.55. The lowest BCUT2D eigenvalue weighted by Crippen LogP contribution is -1.97. The quantitative estimate of drug-likeness (QED) is 0.613. The van der Waals surface area contributed by atoms with E-state index in [9.17, 15) is 0 Å². The van der Waals surface area contributed by atoms with Crippen LogP contribution in [-0.2, 0) is 6.54 Å². The molecule has 4 heteroatoms. The smallest absolute Gasteiger partial charge is 0.0632 e. The molecule has 0 bridgehead atoms. The molecule has 0 radical (unpaired) electrons. The Balaban J connectivity index is 2.27. The fraction of sp³-hybridized carbons (Fsp3) is 0.571. The van der Waals surface area contributed by atoms with E-state index in [1.54, 1.807) is 0 Å². The van der Waals surface area contributed by atoms with E-state index in [-0.39, 0.29) is 0 Å². The Labute approximate surface area is 83.2 Å². The van der Waals surface area contributed by atoms with Gasteiger partial charge in [-0.2, -0.15) is 5.10 Å². The molecular weight excluding hydrogens is 272 g/mol. The van der Waals surface area contributed by atoms with Gasteiger partial charge in [-0.3, -0.25) is 4.68 Å². The molecule has 0 aliphatic carbocycles. The van der Waals surface area contributed by atoms with Gasteiger partial charge in [-0.05, 0) is 28.8 Å². The predicted molar refractivity (Wildman–Crippen MR) is 53.0 cm³/mol. The van der Waals surface area contributed by atoms with Crippen LogP contribution in [0.4, 0.5) is 0 Å². The van der Waals surface area contributed by atoms with Crippen LogP contribution >= 0.6 is 31.9 Å². The normalized spacial score (nSPS) is 10.4. The zero-order chi connectivity index (χ0) is 8.10. The Morgan fingerprint density at radius 1 is 1.45 bits per heavy atom. The second-order valence-electron chi connectivity index (χ2n) is 2.32. The van der Waals surface area contributed by atoms with E-state index < -0.39 is 0 Å². The molecule has 0 amide bonds. The molecular formula is C7H10Br2N2. The molecule has 0 aliphatic rings. The van der Waals surface area contributed by atoms with Gasteiger partial charge in [0.1, 0.15) is 0 Å². The lowest BCUT2D eigenvalue weighted by Gasteiger charge is -1.97. The summed E-state index contributed by atoms with van der Waals surface area (Å²) in [6.45, 7) is 1.01. The third kappa shape index (κ3) is 3.38. The molecule has 11 heavy (non-hydrogen) atoms. The molecule has 0 unspecified atom stereocenters. The third-order valence-corrected chi connectivity index (χ3v) is 2.34. The Kier molecular flexibility index (Phi) is 4.15. The fourth-order valence-electron chi connectivity index (χ4n) is 0.829. The number of hydrogen-bond donors (Lipinski definition) is 0. The molecule has 0 saturated carbocycles. The summed E-state index contributed by atoms with van der Waals surface area (Å²) < 4.78 is 3.00. The minimum absolute atomic E-state index is 1.01. The Morgan fingerprint density at radius 3 is 2.82 bits per heavy atom. The molecule has 0 saturated heterocycles. The van der Waals surface area contributed by atoms with Crippen molar-refractivity contribution in [1.82, 2.24) is 9.78 Å². The number of nitrogens with zero attached hydrogens (tertiary/aromatic N) is 2. The first-order chi connectivity index (χ1) is 5.33. The lowest BCUT2D eigenvalue weighted by molar-refractivity contribution is 0.574. The number of unbranched alkanes of at least 4 members (excludes halogenated alkanes) is 1. The van der Waals surface area contributed by atoms with Crippen molar-refractivity contribution in [3.63, 3.8) is 0 Å². The zero-order valence-corrected chi connectivity index (χ0v) is 9.31. The highest BCUT2D eigenvalue weighted by atomic mass is 79.9. The van der Waals surface area contributed by atoms with Gasteiger partial charge in [0.15, 0.2) is 0 Å². The third-order valence-electron chi connectivity index (χ3n) is 1.37. The molecule has 0 fully saturated rings. The van der Waals surface area contributed by atoms with E-state index in [2.05, 4.69) is 37.0 Å². The van der Waals surface area contributed by atoms with Crippen molar-refractivity contribution < 1.29 is 0 Å². The molecule has 62 valence electrons. The van der Waals surface area contributed by atoms with Gasteiger partial charge in [0.25, 0.3) is 0 Å². The van der Waals surface area contributed by atoms with Crippen LogP contribution < -0.4 is 0 Å². The topological polar surface area (TPSA) is 17.8 Å². The van der Waals surface area contributed by atoms with E-state index in [1.165, 1.54) is 12.8 Å². The summed E-state index contributed by atoms with van der Waals surface area (Å²) in [5.41, 5.74) is 0. The zero-order valence-electron chi connectivity index (χ0n) is 6.13. The Bertz CT molecular complexity index is 210. The highest BCUT2D eigenvalue weighted by Crippen LogP contribution is 2.07. The number of halogens is 2. The number of aryl methyl sites for hydroxylation is 1. The molecule has 1 aromatic rings. The number of alkyl halides is 1. The Hall–Kier alpha value is 0.170. The van der Waals surface area contributed by atoms with E-state index in [0.717, 1.165) is 16.3 Å². The minimum Gasteiger partial charge on any atom is -0.272 e. The SMILES string of the molecule is BrCCCCn1cc(Br)cn1. The van der Waals surface area contributed by atoms with Crippen LogP contribution in [0.5, 0.6) is 0 Å². The van der Waals surface area contributed by atoms with E-state index in [0.29, 0.717) is 0 Å². The standard InChI is InChI=1S/C7H10Br2N2/c8-3-1-2-4-11-6-7(9)5-10-11/h5-6H,1-4H2. The van der Waals surface area contributed by atoms with Crippen molar-refractivity contribution in [2.75, 3.05) is 5.33 Å². The molecule has 1 heterocycles. The van der Waals surface area contributed by atoms with Gasteiger partial charge in [0.05, 0.1) is 10.7 Å². The van der Waals surface area contributed by atoms with E-state index in [1.807, 2.05) is 17.1 Å². The monoisotopic (exact) mass is 280 g/mol. The molecule has 0 aliphatic heterocycles. The number of aromatic nitrogens is 2. The largest absolute Gasteiger partial charge is 0.272 e. The summed E-state index contributed by atoms with van der Waals surface area (Å²) in [5.74, 6) is 0. The van der Waals surface area contributed by atoms with Gasteiger partial charge in [-0.15, -0.1) is 0 Å². The summed E-state index contributed by atoms with van der Waals surface area (Å²) >= 11 is 6.74. The van der Waals surface area contributed by atoms with Gasteiger partial charge in [-0.1, -0.05) is 15.9 Å². The van der Waals surface area contributed by atoms with Crippen molar-refractivity contribution in [3.8, 4) is 0 Å². The van der Waals surface area contributed by atoms with Crippen molar-refractivity contribution in [1.29, 1.82) is 0 Å². The summed E-state index contributed by atoms with van der Waals surface area (Å²) in [5, 5.41) is 5.22.